The van der Waals surface area contributed by atoms with Gasteiger partial charge < -0.3 is 52.7 Å². The van der Waals surface area contributed by atoms with E-state index in [1.807, 2.05) is 12.1 Å². The minimum atomic E-state index is -0.823. The van der Waals surface area contributed by atoms with E-state index in [0.717, 1.165) is 67.7 Å². The highest BCUT2D eigenvalue weighted by molar-refractivity contribution is 6.03. The van der Waals surface area contributed by atoms with Crippen molar-refractivity contribution >= 4 is 17.4 Å². The van der Waals surface area contributed by atoms with Gasteiger partial charge in [-0.1, -0.05) is 36.4 Å². The zero-order valence-electron chi connectivity index (χ0n) is 28.6. The molecule has 0 aliphatic carbocycles. The number of carbonyl (C=O) groups excluding carboxylic acids is 2. The molecule has 1 amide bonds. The predicted octanol–water partition coefficient (Wildman–Crippen LogP) is 2.73. The second kappa shape index (κ2) is 17.1. The standard InChI is InChI=1S/C39H47F2N2O6.HI/c1-43(21-23-47-24-22-43)20-2-3-34(44)25-49-39(26-48-27-39)19-18-28-4-6-30(7-5-28)37-35(16-17-36(45)29-8-10-31(40)11-9-29)38(46)42(37)33-14-12-32(41)13-15-33;/h4-15,35-37,45H,2-3,16-27H2,1H3;1H/q+1;/p-1/t35-,36+,37-;/m1./s1. The minimum absolute atomic E-state index is 0. The number of quaternary nitrogens is 1. The number of rotatable bonds is 16. The van der Waals surface area contributed by atoms with Crippen molar-refractivity contribution in [1.82, 2.24) is 0 Å². The number of aliphatic hydroxyl groups is 1. The summed E-state index contributed by atoms with van der Waals surface area (Å²) in [7, 11) is 2.23. The lowest BCUT2D eigenvalue weighted by Crippen LogP contribution is -3.00. The maximum Gasteiger partial charge on any atom is 0.233 e. The molecule has 3 aliphatic heterocycles. The summed E-state index contributed by atoms with van der Waals surface area (Å²) in [5.41, 5.74) is 2.81. The number of β-lactam (4-membered cyclic amide) rings is 1. The van der Waals surface area contributed by atoms with Gasteiger partial charge in [0, 0.05) is 18.5 Å². The number of amides is 1. The van der Waals surface area contributed by atoms with Crippen molar-refractivity contribution in [2.75, 3.05) is 64.6 Å². The third-order valence-electron chi connectivity index (χ3n) is 10.5. The van der Waals surface area contributed by atoms with E-state index in [2.05, 4.69) is 19.2 Å². The smallest absolute Gasteiger partial charge is 0.233 e. The minimum Gasteiger partial charge on any atom is -1.00 e. The first kappa shape index (κ1) is 38.4. The number of hydrogen-bond acceptors (Lipinski definition) is 6. The lowest BCUT2D eigenvalue weighted by Gasteiger charge is -2.48. The van der Waals surface area contributed by atoms with Gasteiger partial charge in [-0.25, -0.2) is 8.78 Å². The molecule has 0 spiro atoms. The van der Waals surface area contributed by atoms with Gasteiger partial charge in [0.05, 0.1) is 58.1 Å². The van der Waals surface area contributed by atoms with E-state index in [1.165, 1.54) is 24.3 Å². The fourth-order valence-electron chi connectivity index (χ4n) is 7.14. The number of benzene rings is 3. The largest absolute Gasteiger partial charge is 1.00 e. The molecule has 0 unspecified atom stereocenters. The summed E-state index contributed by atoms with van der Waals surface area (Å²) in [4.78, 5) is 27.8. The molecule has 3 fully saturated rings. The van der Waals surface area contributed by atoms with Crippen LogP contribution in [0.5, 0.6) is 0 Å². The highest BCUT2D eigenvalue weighted by Crippen LogP contribution is 2.46. The lowest BCUT2D eigenvalue weighted by molar-refractivity contribution is -0.917. The summed E-state index contributed by atoms with van der Waals surface area (Å²) in [6.07, 6.45) is 2.78. The number of carbonyl (C=O) groups is 2. The van der Waals surface area contributed by atoms with Gasteiger partial charge in [-0.2, -0.15) is 0 Å². The monoisotopic (exact) mass is 804 g/mol. The van der Waals surface area contributed by atoms with Crippen molar-refractivity contribution in [3.05, 3.63) is 101 Å². The van der Waals surface area contributed by atoms with Gasteiger partial charge >= 0.3 is 0 Å². The second-order valence-electron chi connectivity index (χ2n) is 14.1. The first-order valence-corrected chi connectivity index (χ1v) is 17.4. The number of hydrogen-bond donors (Lipinski definition) is 1. The molecule has 3 aromatic carbocycles. The maximum absolute atomic E-state index is 13.7. The number of aryl methyl sites for hydroxylation is 1. The summed E-state index contributed by atoms with van der Waals surface area (Å²) in [6.45, 7) is 5.53. The fourth-order valence-corrected chi connectivity index (χ4v) is 7.14. The van der Waals surface area contributed by atoms with Gasteiger partial charge in [0.15, 0.2) is 5.78 Å². The zero-order valence-corrected chi connectivity index (χ0v) is 30.7. The van der Waals surface area contributed by atoms with Crippen LogP contribution < -0.4 is 28.9 Å². The van der Waals surface area contributed by atoms with E-state index in [1.54, 1.807) is 29.2 Å². The second-order valence-corrected chi connectivity index (χ2v) is 14.1. The Balaban J connectivity index is 0.00000486. The molecule has 3 atom stereocenters. The third-order valence-corrected chi connectivity index (χ3v) is 10.5. The summed E-state index contributed by atoms with van der Waals surface area (Å²) < 4.78 is 45.2. The van der Waals surface area contributed by atoms with Crippen molar-refractivity contribution in [3.8, 4) is 0 Å². The number of aliphatic hydroxyl groups excluding tert-OH is 1. The molecular formula is C39H47F2IN2O6. The number of halogens is 3. The average molecular weight is 805 g/mol. The molecule has 11 heteroatoms. The lowest BCUT2D eigenvalue weighted by atomic mass is 9.78. The molecule has 3 aliphatic rings. The van der Waals surface area contributed by atoms with Crippen LogP contribution in [-0.2, 0) is 30.2 Å². The molecule has 3 aromatic rings. The quantitative estimate of drug-likeness (QED) is 0.136. The Morgan fingerprint density at radius 2 is 1.62 bits per heavy atom. The molecule has 6 rings (SSSR count). The van der Waals surface area contributed by atoms with E-state index in [4.69, 9.17) is 14.2 Å². The topological polar surface area (TPSA) is 85.3 Å². The van der Waals surface area contributed by atoms with E-state index in [0.29, 0.717) is 43.7 Å². The van der Waals surface area contributed by atoms with E-state index >= 15 is 0 Å². The highest BCUT2D eigenvalue weighted by atomic mass is 127. The number of anilines is 1. The Morgan fingerprint density at radius 3 is 2.24 bits per heavy atom. The molecular weight excluding hydrogens is 757 g/mol. The van der Waals surface area contributed by atoms with Crippen LogP contribution in [-0.4, -0.2) is 86.6 Å². The van der Waals surface area contributed by atoms with Crippen LogP contribution >= 0.6 is 0 Å². The molecule has 50 heavy (non-hydrogen) atoms. The average Bonchev–Trinajstić information content (AvgIpc) is 3.08. The van der Waals surface area contributed by atoms with Crippen LogP contribution in [0.15, 0.2) is 72.8 Å². The number of ether oxygens (including phenoxy) is 3. The Kier molecular flexibility index (Phi) is 13.2. The molecule has 3 saturated heterocycles. The van der Waals surface area contributed by atoms with Crippen LogP contribution in [0.4, 0.5) is 14.5 Å². The van der Waals surface area contributed by atoms with Gasteiger partial charge in [-0.15, -0.1) is 0 Å². The van der Waals surface area contributed by atoms with Gasteiger partial charge in [-0.3, -0.25) is 9.59 Å². The number of morpholine rings is 1. The third kappa shape index (κ3) is 9.34. The van der Waals surface area contributed by atoms with Crippen molar-refractivity contribution < 1.29 is 66.1 Å². The van der Waals surface area contributed by atoms with Crippen molar-refractivity contribution in [1.29, 1.82) is 0 Å². The number of nitrogens with zero attached hydrogens (tertiary/aromatic N) is 2. The first-order valence-electron chi connectivity index (χ1n) is 17.4. The van der Waals surface area contributed by atoms with Gasteiger partial charge in [0.2, 0.25) is 5.91 Å². The Morgan fingerprint density at radius 1 is 0.980 bits per heavy atom. The van der Waals surface area contributed by atoms with Crippen LogP contribution in [0.1, 0.15) is 60.9 Å². The highest BCUT2D eigenvalue weighted by Gasteiger charge is 2.48. The summed E-state index contributed by atoms with van der Waals surface area (Å²) in [5.74, 6) is -1.08. The van der Waals surface area contributed by atoms with Crippen LogP contribution in [0.25, 0.3) is 0 Å². The summed E-state index contributed by atoms with van der Waals surface area (Å²) in [5, 5.41) is 10.8. The number of ketones is 1. The van der Waals surface area contributed by atoms with Gasteiger partial charge in [0.1, 0.15) is 36.9 Å². The molecule has 0 bridgehead atoms. The van der Waals surface area contributed by atoms with E-state index in [9.17, 15) is 23.5 Å². The molecule has 270 valence electrons. The Labute approximate surface area is 310 Å². The van der Waals surface area contributed by atoms with E-state index in [-0.39, 0.29) is 65.9 Å². The summed E-state index contributed by atoms with van der Waals surface area (Å²) in [6, 6.07) is 19.5. The molecule has 8 nitrogen and oxygen atoms in total. The number of Topliss-reactive ketones (excluding diaryl/α,β-unsaturated/α-hetero) is 1. The molecule has 0 saturated carbocycles. The van der Waals surface area contributed by atoms with Crippen molar-refractivity contribution in [3.63, 3.8) is 0 Å². The van der Waals surface area contributed by atoms with Crippen LogP contribution in [0.3, 0.4) is 0 Å². The van der Waals surface area contributed by atoms with Crippen LogP contribution in [0, 0.1) is 17.6 Å². The Bertz CT molecular complexity index is 1560. The summed E-state index contributed by atoms with van der Waals surface area (Å²) >= 11 is 0. The van der Waals surface area contributed by atoms with Gasteiger partial charge in [-0.05, 0) is 78.8 Å². The predicted molar refractivity (Wildman–Crippen MR) is 181 cm³/mol. The van der Waals surface area contributed by atoms with Crippen LogP contribution in [0.2, 0.25) is 0 Å². The van der Waals surface area contributed by atoms with E-state index < -0.39 is 11.7 Å². The number of likely N-dealkylation sites (N-methyl/N-ethyl adjacent to an activating group) is 1. The Hall–Kier alpha value is -2.81. The molecule has 0 radical (unpaired) electrons. The van der Waals surface area contributed by atoms with Gasteiger partial charge in [0.25, 0.3) is 0 Å². The SMILES string of the molecule is C[N+]1(CCCC(=O)COC2(CCc3ccc([C@@H]4[C@@H](CC[C@H](O)c5ccc(F)cc5)C(=O)N4c4ccc(F)cc4)cc3)COC2)CCOCC1.[I-]. The normalized spacial score (nSPS) is 21.4. The fraction of sp³-hybridized carbons (Fsp3) is 0.487. The molecule has 1 N–H and O–H groups in total. The zero-order chi connectivity index (χ0) is 34.4. The van der Waals surface area contributed by atoms with Crippen molar-refractivity contribution in [2.24, 2.45) is 5.92 Å². The molecule has 3 heterocycles. The maximum atomic E-state index is 13.7. The first-order chi connectivity index (χ1) is 23.6. The molecule has 0 aromatic heterocycles. The van der Waals surface area contributed by atoms with Crippen molar-refractivity contribution in [2.45, 2.75) is 56.3 Å².